The van der Waals surface area contributed by atoms with Gasteiger partial charge in [0.25, 0.3) is 0 Å². The van der Waals surface area contributed by atoms with Crippen molar-refractivity contribution in [3.8, 4) is 16.9 Å². The van der Waals surface area contributed by atoms with Gasteiger partial charge in [0.2, 0.25) is 0 Å². The summed E-state index contributed by atoms with van der Waals surface area (Å²) in [6.07, 6.45) is 4.44. The maximum Gasteiger partial charge on any atom is 0.134 e. The van der Waals surface area contributed by atoms with Gasteiger partial charge >= 0.3 is 0 Å². The van der Waals surface area contributed by atoms with Gasteiger partial charge in [-0.15, -0.1) is 0 Å². The number of hydrogen-bond donors (Lipinski definition) is 1. The second kappa shape index (κ2) is 10.1. The SMILES string of the molecule is CC.Cc1ccc(-c2cc3c(CC=O)coc3cc2CCc2ccc(C)cc2O)cc1. The Bertz CT molecular complexity index is 1170. The zero-order valence-electron chi connectivity index (χ0n) is 18.7. The molecule has 1 heterocycles. The molecule has 0 aliphatic rings. The lowest BCUT2D eigenvalue weighted by molar-refractivity contribution is -0.107. The molecule has 31 heavy (non-hydrogen) atoms. The standard InChI is InChI=1S/C26H24O3.C2H6/c1-17-3-6-19(7-4-17)23-15-24-22(11-12-27)16-29-26(24)14-21(23)10-9-20-8-5-18(2)13-25(20)28;1-2/h3-8,12-16,28H,9-11H2,1-2H3;1-2H3. The van der Waals surface area contributed by atoms with Crippen molar-refractivity contribution in [2.24, 2.45) is 0 Å². The molecule has 4 aromatic rings. The molecule has 0 spiro atoms. The molecule has 0 unspecified atom stereocenters. The Hall–Kier alpha value is -3.33. The molecule has 0 radical (unpaired) electrons. The zero-order chi connectivity index (χ0) is 22.4. The summed E-state index contributed by atoms with van der Waals surface area (Å²) in [6, 6.07) is 18.5. The lowest BCUT2D eigenvalue weighted by Gasteiger charge is -2.12. The smallest absolute Gasteiger partial charge is 0.134 e. The van der Waals surface area contributed by atoms with Crippen LogP contribution in [-0.2, 0) is 24.1 Å². The molecular formula is C28H30O3. The fourth-order valence-corrected chi connectivity index (χ4v) is 3.78. The summed E-state index contributed by atoms with van der Waals surface area (Å²) >= 11 is 0. The second-order valence-electron chi connectivity index (χ2n) is 7.64. The molecule has 3 heteroatoms. The summed E-state index contributed by atoms with van der Waals surface area (Å²) in [5.41, 5.74) is 8.33. The number of hydrogen-bond acceptors (Lipinski definition) is 3. The molecule has 1 N–H and O–H groups in total. The van der Waals surface area contributed by atoms with Gasteiger partial charge in [-0.05, 0) is 72.7 Å². The van der Waals surface area contributed by atoms with Crippen LogP contribution >= 0.6 is 0 Å². The first-order chi connectivity index (χ1) is 15.0. The van der Waals surface area contributed by atoms with Crippen LogP contribution in [-0.4, -0.2) is 11.4 Å². The number of benzene rings is 3. The van der Waals surface area contributed by atoms with E-state index in [9.17, 15) is 9.90 Å². The first-order valence-electron chi connectivity index (χ1n) is 10.9. The average Bonchev–Trinajstić information content (AvgIpc) is 3.16. The third kappa shape index (κ3) is 5.05. The number of fused-ring (bicyclic) bond motifs is 1. The first kappa shape index (κ1) is 22.4. The maximum atomic E-state index is 11.0. The minimum atomic E-state index is 0.342. The summed E-state index contributed by atoms with van der Waals surface area (Å²) in [4.78, 5) is 11.0. The average molecular weight is 415 g/mol. The molecule has 160 valence electrons. The van der Waals surface area contributed by atoms with Crippen molar-refractivity contribution in [2.45, 2.75) is 47.0 Å². The molecule has 0 aliphatic heterocycles. The molecule has 0 saturated carbocycles. The maximum absolute atomic E-state index is 11.0. The summed E-state index contributed by atoms with van der Waals surface area (Å²) in [6.45, 7) is 8.05. The molecule has 0 atom stereocenters. The Morgan fingerprint density at radius 1 is 0.839 bits per heavy atom. The molecule has 1 aromatic heterocycles. The van der Waals surface area contributed by atoms with Crippen LogP contribution < -0.4 is 0 Å². The normalized spacial score (nSPS) is 10.6. The Morgan fingerprint density at radius 2 is 1.52 bits per heavy atom. The van der Waals surface area contributed by atoms with Crippen molar-refractivity contribution in [2.75, 3.05) is 0 Å². The molecule has 4 rings (SSSR count). The largest absolute Gasteiger partial charge is 0.508 e. The highest BCUT2D eigenvalue weighted by molar-refractivity contribution is 5.89. The number of aromatic hydroxyl groups is 1. The lowest BCUT2D eigenvalue weighted by Crippen LogP contribution is -1.96. The van der Waals surface area contributed by atoms with Crippen molar-refractivity contribution in [1.82, 2.24) is 0 Å². The minimum Gasteiger partial charge on any atom is -0.508 e. The molecule has 0 bridgehead atoms. The molecular weight excluding hydrogens is 384 g/mol. The molecule has 3 aromatic carbocycles. The molecule has 3 nitrogen and oxygen atoms in total. The molecule has 0 saturated heterocycles. The zero-order valence-corrected chi connectivity index (χ0v) is 18.7. The third-order valence-corrected chi connectivity index (χ3v) is 5.45. The van der Waals surface area contributed by atoms with Crippen LogP contribution in [0, 0.1) is 13.8 Å². The summed E-state index contributed by atoms with van der Waals surface area (Å²) in [5, 5.41) is 11.2. The van der Waals surface area contributed by atoms with E-state index in [0.29, 0.717) is 12.2 Å². The minimum absolute atomic E-state index is 0.342. The number of aldehydes is 1. The van der Waals surface area contributed by atoms with Crippen LogP contribution in [0.1, 0.15) is 41.7 Å². The summed E-state index contributed by atoms with van der Waals surface area (Å²) < 4.78 is 5.74. The fourth-order valence-electron chi connectivity index (χ4n) is 3.78. The Morgan fingerprint density at radius 3 is 2.19 bits per heavy atom. The van der Waals surface area contributed by atoms with Gasteiger partial charge in [-0.2, -0.15) is 0 Å². The Balaban J connectivity index is 0.00000132. The van der Waals surface area contributed by atoms with Crippen molar-refractivity contribution >= 4 is 17.3 Å². The van der Waals surface area contributed by atoms with E-state index in [1.54, 1.807) is 12.3 Å². The van der Waals surface area contributed by atoms with Gasteiger partial charge in [0.15, 0.2) is 0 Å². The fraction of sp³-hybridized carbons (Fsp3) is 0.250. The van der Waals surface area contributed by atoms with Gasteiger partial charge in [0, 0.05) is 17.4 Å². The van der Waals surface area contributed by atoms with Crippen LogP contribution in [0.15, 0.2) is 65.3 Å². The number of phenolic OH excluding ortho intramolecular Hbond substituents is 1. The highest BCUT2D eigenvalue weighted by Crippen LogP contribution is 2.33. The monoisotopic (exact) mass is 414 g/mol. The number of carbonyl (C=O) groups is 1. The first-order valence-corrected chi connectivity index (χ1v) is 10.9. The van der Waals surface area contributed by atoms with Crippen LogP contribution in [0.5, 0.6) is 5.75 Å². The van der Waals surface area contributed by atoms with Crippen molar-refractivity contribution in [1.29, 1.82) is 0 Å². The van der Waals surface area contributed by atoms with Gasteiger partial charge in [-0.3, -0.25) is 0 Å². The predicted octanol–water partition coefficient (Wildman–Crippen LogP) is 6.98. The number of aryl methyl sites for hydroxylation is 4. The van der Waals surface area contributed by atoms with Crippen molar-refractivity contribution in [3.05, 3.63) is 88.7 Å². The number of carbonyl (C=O) groups excluding carboxylic acids is 1. The van der Waals surface area contributed by atoms with E-state index >= 15 is 0 Å². The Kier molecular flexibility index (Phi) is 7.30. The van der Waals surface area contributed by atoms with E-state index in [1.807, 2.05) is 32.9 Å². The highest BCUT2D eigenvalue weighted by Gasteiger charge is 2.14. The van der Waals surface area contributed by atoms with E-state index in [2.05, 4.69) is 43.3 Å². The van der Waals surface area contributed by atoms with Gasteiger partial charge in [-0.25, -0.2) is 0 Å². The second-order valence-corrected chi connectivity index (χ2v) is 7.64. The van der Waals surface area contributed by atoms with E-state index in [1.165, 1.54) is 5.56 Å². The number of furan rings is 1. The van der Waals surface area contributed by atoms with Crippen LogP contribution in [0.2, 0.25) is 0 Å². The van der Waals surface area contributed by atoms with Crippen LogP contribution in [0.4, 0.5) is 0 Å². The molecule has 0 amide bonds. The van der Waals surface area contributed by atoms with Gasteiger partial charge in [-0.1, -0.05) is 55.8 Å². The molecule has 0 aliphatic carbocycles. The topological polar surface area (TPSA) is 50.4 Å². The lowest BCUT2D eigenvalue weighted by atomic mass is 9.92. The summed E-state index contributed by atoms with van der Waals surface area (Å²) in [5.74, 6) is 0.342. The Labute approximate surface area is 184 Å². The van der Waals surface area contributed by atoms with E-state index in [0.717, 1.165) is 63.5 Å². The van der Waals surface area contributed by atoms with E-state index < -0.39 is 0 Å². The predicted molar refractivity (Wildman–Crippen MR) is 128 cm³/mol. The molecule has 0 fully saturated rings. The van der Waals surface area contributed by atoms with E-state index in [-0.39, 0.29) is 0 Å². The van der Waals surface area contributed by atoms with Gasteiger partial charge in [0.05, 0.1) is 6.26 Å². The van der Waals surface area contributed by atoms with Crippen LogP contribution in [0.25, 0.3) is 22.1 Å². The van der Waals surface area contributed by atoms with Crippen molar-refractivity contribution < 1.29 is 14.3 Å². The van der Waals surface area contributed by atoms with Gasteiger partial charge < -0.3 is 14.3 Å². The van der Waals surface area contributed by atoms with Gasteiger partial charge in [0.1, 0.15) is 17.6 Å². The number of rotatable bonds is 6. The van der Waals surface area contributed by atoms with E-state index in [4.69, 9.17) is 4.42 Å². The summed E-state index contributed by atoms with van der Waals surface area (Å²) in [7, 11) is 0. The van der Waals surface area contributed by atoms with Crippen LogP contribution in [0.3, 0.4) is 0 Å². The quantitative estimate of drug-likeness (QED) is 0.346. The third-order valence-electron chi connectivity index (χ3n) is 5.45. The highest BCUT2D eigenvalue weighted by atomic mass is 16.3. The van der Waals surface area contributed by atoms with Crippen molar-refractivity contribution in [3.63, 3.8) is 0 Å². The number of phenols is 1.